The van der Waals surface area contributed by atoms with Gasteiger partial charge in [-0.05, 0) is 62.7 Å². The standard InChI is InChI=1S/C21H21ClN2O3/c1-4-27-19(25)13-5-8-15(9-6-13)24-20(26)21(2,3)17-12-23-18-11-14(22)7-10-16(17)18/h5-12,23H,4H2,1-3H3,(H,24,26). The quantitative estimate of drug-likeness (QED) is 0.613. The highest BCUT2D eigenvalue weighted by Gasteiger charge is 2.32. The number of anilines is 1. The summed E-state index contributed by atoms with van der Waals surface area (Å²) in [5.74, 6) is -0.532. The third-order valence-electron chi connectivity index (χ3n) is 4.54. The number of halogens is 1. The number of ether oxygens (including phenoxy) is 1. The first-order valence-electron chi connectivity index (χ1n) is 8.68. The van der Waals surface area contributed by atoms with E-state index in [4.69, 9.17) is 16.3 Å². The molecule has 2 N–H and O–H groups in total. The molecule has 0 aliphatic rings. The summed E-state index contributed by atoms with van der Waals surface area (Å²) in [5.41, 5.74) is 2.06. The van der Waals surface area contributed by atoms with Crippen LogP contribution in [-0.4, -0.2) is 23.5 Å². The van der Waals surface area contributed by atoms with E-state index in [1.165, 1.54) is 0 Å². The first-order valence-corrected chi connectivity index (χ1v) is 9.06. The Kier molecular flexibility index (Phi) is 5.24. The minimum Gasteiger partial charge on any atom is -0.462 e. The van der Waals surface area contributed by atoms with Crippen molar-refractivity contribution in [2.24, 2.45) is 0 Å². The molecule has 5 nitrogen and oxygen atoms in total. The van der Waals surface area contributed by atoms with Gasteiger partial charge in [0.25, 0.3) is 0 Å². The van der Waals surface area contributed by atoms with Gasteiger partial charge in [-0.3, -0.25) is 4.79 Å². The molecule has 3 rings (SSSR count). The number of carbonyl (C=O) groups excluding carboxylic acids is 2. The average Bonchev–Trinajstić information content (AvgIpc) is 3.06. The topological polar surface area (TPSA) is 71.2 Å². The molecular formula is C21H21ClN2O3. The molecule has 0 unspecified atom stereocenters. The number of H-pyrrole nitrogens is 1. The maximum Gasteiger partial charge on any atom is 0.338 e. The number of amides is 1. The van der Waals surface area contributed by atoms with E-state index in [0.29, 0.717) is 22.9 Å². The molecule has 0 radical (unpaired) electrons. The van der Waals surface area contributed by atoms with Crippen LogP contribution in [0.2, 0.25) is 5.02 Å². The van der Waals surface area contributed by atoms with Gasteiger partial charge in [0.2, 0.25) is 5.91 Å². The van der Waals surface area contributed by atoms with Crippen molar-refractivity contribution < 1.29 is 14.3 Å². The van der Waals surface area contributed by atoms with Crippen LogP contribution in [0.3, 0.4) is 0 Å². The predicted octanol–water partition coefficient (Wildman–Crippen LogP) is 4.91. The number of hydrogen-bond acceptors (Lipinski definition) is 3. The Bertz CT molecular complexity index is 990. The van der Waals surface area contributed by atoms with Gasteiger partial charge in [0.05, 0.1) is 17.6 Å². The van der Waals surface area contributed by atoms with Crippen LogP contribution in [0.25, 0.3) is 10.9 Å². The second-order valence-electron chi connectivity index (χ2n) is 6.77. The van der Waals surface area contributed by atoms with Gasteiger partial charge < -0.3 is 15.0 Å². The van der Waals surface area contributed by atoms with Gasteiger partial charge in [0.1, 0.15) is 0 Å². The highest BCUT2D eigenvalue weighted by Crippen LogP contribution is 2.32. The lowest BCUT2D eigenvalue weighted by molar-refractivity contribution is -0.120. The van der Waals surface area contributed by atoms with Crippen molar-refractivity contribution in [3.8, 4) is 0 Å². The van der Waals surface area contributed by atoms with Gasteiger partial charge in [-0.2, -0.15) is 0 Å². The fraction of sp³-hybridized carbons (Fsp3) is 0.238. The number of hydrogen-bond donors (Lipinski definition) is 2. The lowest BCUT2D eigenvalue weighted by Crippen LogP contribution is -2.34. The van der Waals surface area contributed by atoms with Gasteiger partial charge in [0, 0.05) is 27.8 Å². The van der Waals surface area contributed by atoms with Crippen molar-refractivity contribution >= 4 is 40.1 Å². The van der Waals surface area contributed by atoms with Crippen LogP contribution in [0.15, 0.2) is 48.7 Å². The maximum absolute atomic E-state index is 12.9. The summed E-state index contributed by atoms with van der Waals surface area (Å²) in [4.78, 5) is 27.8. The van der Waals surface area contributed by atoms with Crippen molar-refractivity contribution in [3.63, 3.8) is 0 Å². The number of nitrogens with one attached hydrogen (secondary N) is 2. The molecule has 0 atom stereocenters. The first kappa shape index (κ1) is 19.0. The summed E-state index contributed by atoms with van der Waals surface area (Å²) in [7, 11) is 0. The number of aromatic nitrogens is 1. The van der Waals surface area contributed by atoms with Gasteiger partial charge >= 0.3 is 5.97 Å². The molecule has 3 aromatic rings. The Morgan fingerprint density at radius 3 is 2.52 bits per heavy atom. The third kappa shape index (κ3) is 3.83. The Balaban J connectivity index is 1.80. The van der Waals surface area contributed by atoms with Crippen LogP contribution < -0.4 is 5.32 Å². The zero-order chi connectivity index (χ0) is 19.6. The van der Waals surface area contributed by atoms with E-state index < -0.39 is 5.41 Å². The Morgan fingerprint density at radius 2 is 1.85 bits per heavy atom. The Hall–Kier alpha value is -2.79. The monoisotopic (exact) mass is 384 g/mol. The van der Waals surface area contributed by atoms with Gasteiger partial charge in [-0.15, -0.1) is 0 Å². The number of esters is 1. The van der Waals surface area contributed by atoms with Crippen LogP contribution in [0.5, 0.6) is 0 Å². The normalized spacial score (nSPS) is 11.4. The molecule has 0 bridgehead atoms. The second-order valence-corrected chi connectivity index (χ2v) is 7.21. The zero-order valence-electron chi connectivity index (χ0n) is 15.4. The molecule has 27 heavy (non-hydrogen) atoms. The average molecular weight is 385 g/mol. The Labute approximate surface area is 162 Å². The van der Waals surface area contributed by atoms with E-state index in [-0.39, 0.29) is 11.9 Å². The Morgan fingerprint density at radius 1 is 1.15 bits per heavy atom. The van der Waals surface area contributed by atoms with Crippen LogP contribution in [0.4, 0.5) is 5.69 Å². The molecule has 2 aromatic carbocycles. The summed E-state index contributed by atoms with van der Waals surface area (Å²) in [6.45, 7) is 5.81. The second kappa shape index (κ2) is 7.45. The first-order chi connectivity index (χ1) is 12.8. The van der Waals surface area contributed by atoms with Crippen LogP contribution in [0, 0.1) is 0 Å². The SMILES string of the molecule is CCOC(=O)c1ccc(NC(=O)C(C)(C)c2c[nH]c3cc(Cl)ccc23)cc1. The number of carbonyl (C=O) groups is 2. The smallest absolute Gasteiger partial charge is 0.338 e. The van der Waals surface area contributed by atoms with E-state index in [1.54, 1.807) is 31.2 Å². The van der Waals surface area contributed by atoms with E-state index in [1.807, 2.05) is 38.2 Å². The van der Waals surface area contributed by atoms with Crippen molar-refractivity contribution in [1.82, 2.24) is 4.98 Å². The lowest BCUT2D eigenvalue weighted by Gasteiger charge is -2.23. The summed E-state index contributed by atoms with van der Waals surface area (Å²) < 4.78 is 4.96. The highest BCUT2D eigenvalue weighted by atomic mass is 35.5. The van der Waals surface area contributed by atoms with Crippen molar-refractivity contribution in [1.29, 1.82) is 0 Å². The number of fused-ring (bicyclic) bond motifs is 1. The van der Waals surface area contributed by atoms with Crippen LogP contribution in [-0.2, 0) is 14.9 Å². The molecule has 0 saturated heterocycles. The highest BCUT2D eigenvalue weighted by molar-refractivity contribution is 6.31. The molecule has 0 fully saturated rings. The van der Waals surface area contributed by atoms with Gasteiger partial charge in [-0.1, -0.05) is 17.7 Å². The van der Waals surface area contributed by atoms with E-state index >= 15 is 0 Å². The van der Waals surface area contributed by atoms with Crippen LogP contribution in [0.1, 0.15) is 36.7 Å². The minimum absolute atomic E-state index is 0.151. The molecule has 1 amide bonds. The summed E-state index contributed by atoms with van der Waals surface area (Å²) in [6, 6.07) is 12.2. The van der Waals surface area contributed by atoms with Crippen molar-refractivity contribution in [2.75, 3.05) is 11.9 Å². The summed E-state index contributed by atoms with van der Waals surface area (Å²) in [5, 5.41) is 4.51. The molecular weight excluding hydrogens is 364 g/mol. The predicted molar refractivity (Wildman–Crippen MR) is 107 cm³/mol. The van der Waals surface area contributed by atoms with Crippen LogP contribution >= 0.6 is 11.6 Å². The maximum atomic E-state index is 12.9. The molecule has 140 valence electrons. The minimum atomic E-state index is -0.772. The lowest BCUT2D eigenvalue weighted by atomic mass is 9.83. The van der Waals surface area contributed by atoms with E-state index in [0.717, 1.165) is 16.5 Å². The largest absolute Gasteiger partial charge is 0.462 e. The molecule has 1 heterocycles. The molecule has 0 saturated carbocycles. The third-order valence-corrected chi connectivity index (χ3v) is 4.77. The molecule has 0 aliphatic heterocycles. The number of aromatic amines is 1. The van der Waals surface area contributed by atoms with Gasteiger partial charge in [0.15, 0.2) is 0 Å². The molecule has 1 aromatic heterocycles. The summed E-state index contributed by atoms with van der Waals surface area (Å²) in [6.07, 6.45) is 1.84. The van der Waals surface area contributed by atoms with E-state index in [2.05, 4.69) is 10.3 Å². The van der Waals surface area contributed by atoms with Crippen molar-refractivity contribution in [2.45, 2.75) is 26.2 Å². The molecule has 0 aliphatic carbocycles. The summed E-state index contributed by atoms with van der Waals surface area (Å²) >= 11 is 6.03. The fourth-order valence-electron chi connectivity index (χ4n) is 2.93. The fourth-order valence-corrected chi connectivity index (χ4v) is 3.10. The number of rotatable bonds is 5. The van der Waals surface area contributed by atoms with Crippen molar-refractivity contribution in [3.05, 3.63) is 64.8 Å². The van der Waals surface area contributed by atoms with E-state index in [9.17, 15) is 9.59 Å². The molecule has 0 spiro atoms. The molecule has 6 heteroatoms. The number of benzene rings is 2. The zero-order valence-corrected chi connectivity index (χ0v) is 16.2. The van der Waals surface area contributed by atoms with Gasteiger partial charge in [-0.25, -0.2) is 4.79 Å².